The van der Waals surface area contributed by atoms with Crippen LogP contribution in [0.1, 0.15) is 46.0 Å². The van der Waals surface area contributed by atoms with E-state index in [1.165, 1.54) is 4.31 Å². The molecule has 1 aliphatic heterocycles. The summed E-state index contributed by atoms with van der Waals surface area (Å²) >= 11 is 0.912. The summed E-state index contributed by atoms with van der Waals surface area (Å²) < 4.78 is 26.4. The molecule has 1 N–H and O–H groups in total. The SMILES string of the molecule is CCCCC(=O)Nc1nnc(S(=O)(=O)N2CCC(C)CC2)s1. The van der Waals surface area contributed by atoms with Crippen LogP contribution in [0.5, 0.6) is 0 Å². The number of hydrogen-bond donors (Lipinski definition) is 1. The fourth-order valence-electron chi connectivity index (χ4n) is 2.22. The van der Waals surface area contributed by atoms with E-state index in [2.05, 4.69) is 22.4 Å². The summed E-state index contributed by atoms with van der Waals surface area (Å²) in [5.41, 5.74) is 0. The Kier molecular flexibility index (Phi) is 5.87. The minimum atomic E-state index is -3.59. The van der Waals surface area contributed by atoms with E-state index in [0.717, 1.165) is 37.0 Å². The van der Waals surface area contributed by atoms with Gasteiger partial charge < -0.3 is 5.32 Å². The largest absolute Gasteiger partial charge is 0.301 e. The molecule has 1 saturated heterocycles. The molecule has 0 atom stereocenters. The van der Waals surface area contributed by atoms with Crippen molar-refractivity contribution in [3.8, 4) is 0 Å². The van der Waals surface area contributed by atoms with E-state index in [0.29, 0.717) is 25.4 Å². The van der Waals surface area contributed by atoms with E-state index in [-0.39, 0.29) is 15.4 Å². The molecule has 1 fully saturated rings. The Labute approximate surface area is 135 Å². The number of unbranched alkanes of at least 4 members (excludes halogenated alkanes) is 1. The van der Waals surface area contributed by atoms with E-state index in [1.807, 2.05) is 6.92 Å². The molecule has 2 rings (SSSR count). The number of rotatable bonds is 6. The smallest absolute Gasteiger partial charge is 0.272 e. The summed E-state index contributed by atoms with van der Waals surface area (Å²) in [6, 6.07) is 0. The number of hydrogen-bond acceptors (Lipinski definition) is 6. The number of amides is 1. The Morgan fingerprint density at radius 2 is 2.05 bits per heavy atom. The van der Waals surface area contributed by atoms with Gasteiger partial charge in [-0.25, -0.2) is 8.42 Å². The fraction of sp³-hybridized carbons (Fsp3) is 0.769. The van der Waals surface area contributed by atoms with Gasteiger partial charge in [0.2, 0.25) is 15.4 Å². The lowest BCUT2D eigenvalue weighted by atomic mass is 10.0. The van der Waals surface area contributed by atoms with Crippen molar-refractivity contribution in [1.29, 1.82) is 0 Å². The molecule has 7 nitrogen and oxygen atoms in total. The third-order valence-electron chi connectivity index (χ3n) is 3.71. The number of carbonyl (C=O) groups is 1. The lowest BCUT2D eigenvalue weighted by Gasteiger charge is -2.28. The third-order valence-corrected chi connectivity index (χ3v) is 6.80. The Hall–Kier alpha value is -1.06. The predicted octanol–water partition coefficient (Wildman–Crippen LogP) is 2.09. The number of nitrogens with zero attached hydrogens (tertiary/aromatic N) is 3. The first-order valence-corrected chi connectivity index (χ1v) is 9.82. The van der Waals surface area contributed by atoms with Gasteiger partial charge in [-0.3, -0.25) is 4.79 Å². The quantitative estimate of drug-likeness (QED) is 0.796. The number of sulfonamides is 1. The Bertz CT molecular complexity index is 607. The maximum absolute atomic E-state index is 12.5. The van der Waals surface area contributed by atoms with Crippen molar-refractivity contribution in [3.05, 3.63) is 0 Å². The van der Waals surface area contributed by atoms with E-state index in [1.54, 1.807) is 0 Å². The van der Waals surface area contributed by atoms with Crippen LogP contribution in [0.4, 0.5) is 5.13 Å². The van der Waals surface area contributed by atoms with Crippen molar-refractivity contribution in [2.24, 2.45) is 5.92 Å². The average Bonchev–Trinajstić information content (AvgIpc) is 2.95. The Balaban J connectivity index is 2.02. The lowest BCUT2D eigenvalue weighted by Crippen LogP contribution is -2.37. The molecule has 1 aliphatic rings. The van der Waals surface area contributed by atoms with Crippen molar-refractivity contribution in [2.75, 3.05) is 18.4 Å². The molecule has 0 aromatic carbocycles. The normalized spacial score (nSPS) is 17.5. The molecule has 1 amide bonds. The summed E-state index contributed by atoms with van der Waals surface area (Å²) in [6.07, 6.45) is 3.85. The van der Waals surface area contributed by atoms with Crippen molar-refractivity contribution in [1.82, 2.24) is 14.5 Å². The number of nitrogens with one attached hydrogen (secondary N) is 1. The van der Waals surface area contributed by atoms with Crippen LogP contribution < -0.4 is 5.32 Å². The second-order valence-electron chi connectivity index (χ2n) is 5.61. The number of piperidine rings is 1. The summed E-state index contributed by atoms with van der Waals surface area (Å²) in [7, 11) is -3.59. The second kappa shape index (κ2) is 7.47. The van der Waals surface area contributed by atoms with Crippen LogP contribution in [0, 0.1) is 5.92 Å². The molecule has 0 spiro atoms. The number of aromatic nitrogens is 2. The van der Waals surface area contributed by atoms with Gasteiger partial charge in [-0.2, -0.15) is 4.31 Å². The number of anilines is 1. The maximum Gasteiger partial charge on any atom is 0.272 e. The summed E-state index contributed by atoms with van der Waals surface area (Å²) in [5.74, 6) is 0.392. The molecule has 22 heavy (non-hydrogen) atoms. The van der Waals surface area contributed by atoms with Gasteiger partial charge in [0.25, 0.3) is 10.0 Å². The maximum atomic E-state index is 12.5. The van der Waals surface area contributed by atoms with Gasteiger partial charge in [-0.1, -0.05) is 31.6 Å². The molecule has 2 heterocycles. The average molecular weight is 346 g/mol. The van der Waals surface area contributed by atoms with Gasteiger partial charge in [-0.05, 0) is 25.2 Å². The van der Waals surface area contributed by atoms with Gasteiger partial charge in [-0.15, -0.1) is 10.2 Å². The molecule has 9 heteroatoms. The molecule has 124 valence electrons. The topological polar surface area (TPSA) is 92.3 Å². The van der Waals surface area contributed by atoms with Crippen LogP contribution in [-0.4, -0.2) is 41.9 Å². The first kappa shape index (κ1) is 17.3. The van der Waals surface area contributed by atoms with E-state index in [4.69, 9.17) is 0 Å². The van der Waals surface area contributed by atoms with Crippen LogP contribution in [0.25, 0.3) is 0 Å². The Morgan fingerprint density at radius 3 is 2.68 bits per heavy atom. The highest BCUT2D eigenvalue weighted by Crippen LogP contribution is 2.27. The zero-order valence-electron chi connectivity index (χ0n) is 12.9. The molecular formula is C13H22N4O3S2. The number of carbonyl (C=O) groups excluding carboxylic acids is 1. The van der Waals surface area contributed by atoms with Gasteiger partial charge >= 0.3 is 0 Å². The minimum Gasteiger partial charge on any atom is -0.301 e. The molecular weight excluding hydrogens is 324 g/mol. The summed E-state index contributed by atoms with van der Waals surface area (Å²) in [6.45, 7) is 5.16. The minimum absolute atomic E-state index is 0.0483. The molecule has 0 bridgehead atoms. The first-order valence-electron chi connectivity index (χ1n) is 7.57. The van der Waals surface area contributed by atoms with E-state index >= 15 is 0 Å². The zero-order chi connectivity index (χ0) is 16.2. The summed E-state index contributed by atoms with van der Waals surface area (Å²) in [5, 5.41) is 10.4. The standard InChI is InChI=1S/C13H22N4O3S2/c1-3-4-5-11(18)14-12-15-16-13(21-12)22(19,20)17-8-6-10(2)7-9-17/h10H,3-9H2,1-2H3,(H,14,15,18). The van der Waals surface area contributed by atoms with Gasteiger partial charge in [0, 0.05) is 19.5 Å². The molecule has 0 unspecified atom stereocenters. The summed E-state index contributed by atoms with van der Waals surface area (Å²) in [4.78, 5) is 11.6. The van der Waals surface area contributed by atoms with Crippen molar-refractivity contribution >= 4 is 32.4 Å². The van der Waals surface area contributed by atoms with Gasteiger partial charge in [0.1, 0.15) is 0 Å². The fourth-order valence-corrected chi connectivity index (χ4v) is 4.74. The van der Waals surface area contributed by atoms with Crippen molar-refractivity contribution < 1.29 is 13.2 Å². The highest BCUT2D eigenvalue weighted by molar-refractivity contribution is 7.91. The molecule has 1 aromatic heterocycles. The molecule has 0 radical (unpaired) electrons. The van der Waals surface area contributed by atoms with Crippen LogP contribution >= 0.6 is 11.3 Å². The first-order chi connectivity index (χ1) is 10.4. The molecule has 0 aliphatic carbocycles. The molecule has 0 saturated carbocycles. The van der Waals surface area contributed by atoms with Crippen LogP contribution in [0.3, 0.4) is 0 Å². The van der Waals surface area contributed by atoms with Crippen LogP contribution in [0.2, 0.25) is 0 Å². The highest BCUT2D eigenvalue weighted by Gasteiger charge is 2.31. The second-order valence-corrected chi connectivity index (χ2v) is 8.70. The third kappa shape index (κ3) is 4.23. The lowest BCUT2D eigenvalue weighted by molar-refractivity contribution is -0.116. The predicted molar refractivity (Wildman–Crippen MR) is 85.2 cm³/mol. The van der Waals surface area contributed by atoms with Gasteiger partial charge in [0.05, 0.1) is 0 Å². The van der Waals surface area contributed by atoms with Crippen molar-refractivity contribution in [2.45, 2.75) is 50.3 Å². The zero-order valence-corrected chi connectivity index (χ0v) is 14.5. The monoisotopic (exact) mass is 346 g/mol. The van der Waals surface area contributed by atoms with Crippen LogP contribution in [0.15, 0.2) is 4.34 Å². The van der Waals surface area contributed by atoms with Gasteiger partial charge in [0.15, 0.2) is 0 Å². The van der Waals surface area contributed by atoms with Crippen LogP contribution in [-0.2, 0) is 14.8 Å². The van der Waals surface area contributed by atoms with E-state index in [9.17, 15) is 13.2 Å². The van der Waals surface area contributed by atoms with E-state index < -0.39 is 10.0 Å². The Morgan fingerprint density at radius 1 is 1.36 bits per heavy atom. The van der Waals surface area contributed by atoms with Crippen molar-refractivity contribution in [3.63, 3.8) is 0 Å². The molecule has 1 aromatic rings. The highest BCUT2D eigenvalue weighted by atomic mass is 32.2.